The molecule has 0 aliphatic rings. The number of nitrogens with zero attached hydrogens (tertiary/aromatic N) is 2. The van der Waals surface area contributed by atoms with Gasteiger partial charge in [0, 0.05) is 5.56 Å². The fourth-order valence-electron chi connectivity index (χ4n) is 0.999. The Morgan fingerprint density at radius 1 is 1.67 bits per heavy atom. The van der Waals surface area contributed by atoms with E-state index in [0.717, 1.165) is 0 Å². The summed E-state index contributed by atoms with van der Waals surface area (Å²) < 4.78 is 0. The number of carbonyl (C=O) groups excluding carboxylic acids is 1. The van der Waals surface area contributed by atoms with Gasteiger partial charge < -0.3 is 5.73 Å². The van der Waals surface area contributed by atoms with E-state index in [4.69, 9.17) is 22.6 Å². The molecule has 15 heavy (non-hydrogen) atoms. The number of rotatable bonds is 3. The maximum absolute atomic E-state index is 10.5. The highest BCUT2D eigenvalue weighted by Crippen LogP contribution is 2.19. The van der Waals surface area contributed by atoms with Crippen molar-refractivity contribution in [3.63, 3.8) is 0 Å². The van der Waals surface area contributed by atoms with E-state index >= 15 is 0 Å². The summed E-state index contributed by atoms with van der Waals surface area (Å²) in [6.07, 6.45) is 0.666. The van der Waals surface area contributed by atoms with Crippen molar-refractivity contribution < 1.29 is 4.79 Å². The predicted octanol–water partition coefficient (Wildman–Crippen LogP) is 1.60. The van der Waals surface area contributed by atoms with Gasteiger partial charge in [-0.2, -0.15) is 5.26 Å². The Labute approximate surface area is 92.0 Å². The van der Waals surface area contributed by atoms with Gasteiger partial charge in [0.1, 0.15) is 18.2 Å². The first kappa shape index (κ1) is 11.2. The van der Waals surface area contributed by atoms with Gasteiger partial charge in [0.2, 0.25) is 0 Å². The highest BCUT2D eigenvalue weighted by molar-refractivity contribution is 6.28. The standard InChI is InChI=1S/C10H8ClN3O/c11-4-10(13)14-9-2-1-7(6-15)3-8(9)5-12/h1-3,6H,4H2,(H2,13,14). The van der Waals surface area contributed by atoms with Gasteiger partial charge in [-0.05, 0) is 18.2 Å². The van der Waals surface area contributed by atoms with E-state index in [2.05, 4.69) is 4.99 Å². The fraction of sp³-hybridized carbons (Fsp3) is 0.100. The highest BCUT2D eigenvalue weighted by atomic mass is 35.5. The second-order valence-corrected chi connectivity index (χ2v) is 3.01. The summed E-state index contributed by atoms with van der Waals surface area (Å²) >= 11 is 5.46. The normalized spacial score (nSPS) is 10.8. The molecule has 4 nitrogen and oxygen atoms in total. The summed E-state index contributed by atoms with van der Waals surface area (Å²) in [7, 11) is 0. The fourth-order valence-corrected chi connectivity index (χ4v) is 1.06. The molecule has 0 aliphatic heterocycles. The quantitative estimate of drug-likeness (QED) is 0.364. The summed E-state index contributed by atoms with van der Waals surface area (Å²) in [5.41, 5.74) is 6.58. The minimum atomic E-state index is 0.0975. The number of benzene rings is 1. The molecule has 0 fully saturated rings. The lowest BCUT2D eigenvalue weighted by Crippen LogP contribution is -2.12. The Balaban J connectivity index is 3.21. The number of carbonyl (C=O) groups is 1. The second kappa shape index (κ2) is 5.13. The molecule has 0 radical (unpaired) electrons. The molecule has 1 aromatic rings. The molecule has 0 aliphatic carbocycles. The van der Waals surface area contributed by atoms with Crippen LogP contribution < -0.4 is 5.73 Å². The molecule has 0 amide bonds. The van der Waals surface area contributed by atoms with E-state index in [1.807, 2.05) is 6.07 Å². The highest BCUT2D eigenvalue weighted by Gasteiger charge is 2.02. The summed E-state index contributed by atoms with van der Waals surface area (Å²) in [6, 6.07) is 6.51. The number of nitriles is 1. The first-order valence-corrected chi connectivity index (χ1v) is 4.63. The Morgan fingerprint density at radius 3 is 2.93 bits per heavy atom. The molecule has 2 N–H and O–H groups in total. The van der Waals surface area contributed by atoms with Gasteiger partial charge in [-0.1, -0.05) is 0 Å². The first-order chi connectivity index (χ1) is 7.21. The van der Waals surface area contributed by atoms with Crippen LogP contribution in [0.15, 0.2) is 23.2 Å². The minimum absolute atomic E-state index is 0.0975. The lowest BCUT2D eigenvalue weighted by molar-refractivity contribution is 0.112. The third-order valence-electron chi connectivity index (χ3n) is 1.68. The van der Waals surface area contributed by atoms with Crippen molar-refractivity contribution in [1.82, 2.24) is 0 Å². The number of halogens is 1. The van der Waals surface area contributed by atoms with Gasteiger partial charge in [0.15, 0.2) is 0 Å². The lowest BCUT2D eigenvalue weighted by Gasteiger charge is -1.99. The molecule has 0 heterocycles. The maximum Gasteiger partial charge on any atom is 0.150 e. The number of nitrogens with two attached hydrogens (primary N) is 1. The predicted molar refractivity (Wildman–Crippen MR) is 58.5 cm³/mol. The van der Waals surface area contributed by atoms with Crippen LogP contribution in [0.4, 0.5) is 5.69 Å². The van der Waals surface area contributed by atoms with Crippen molar-refractivity contribution in [3.8, 4) is 6.07 Å². The molecular formula is C10H8ClN3O. The number of hydrogen-bond donors (Lipinski definition) is 1. The zero-order valence-corrected chi connectivity index (χ0v) is 8.53. The van der Waals surface area contributed by atoms with Crippen molar-refractivity contribution in [3.05, 3.63) is 29.3 Å². The van der Waals surface area contributed by atoms with Crippen LogP contribution in [0.2, 0.25) is 0 Å². The average molecular weight is 222 g/mol. The van der Waals surface area contributed by atoms with Crippen LogP contribution in [0.3, 0.4) is 0 Å². The minimum Gasteiger partial charge on any atom is -0.386 e. The maximum atomic E-state index is 10.5. The number of alkyl halides is 1. The summed E-state index contributed by atoms with van der Waals surface area (Å²) in [5.74, 6) is 0.326. The number of aliphatic imine (C=N–C) groups is 1. The van der Waals surface area contributed by atoms with Crippen molar-refractivity contribution >= 4 is 29.4 Å². The van der Waals surface area contributed by atoms with E-state index < -0.39 is 0 Å². The van der Waals surface area contributed by atoms with Gasteiger partial charge in [-0.3, -0.25) is 4.79 Å². The smallest absolute Gasteiger partial charge is 0.150 e. The molecule has 0 saturated carbocycles. The molecule has 0 aromatic heterocycles. The molecule has 0 unspecified atom stereocenters. The van der Waals surface area contributed by atoms with Gasteiger partial charge in [-0.15, -0.1) is 11.6 Å². The van der Waals surface area contributed by atoms with Crippen molar-refractivity contribution in [2.75, 3.05) is 5.88 Å². The van der Waals surface area contributed by atoms with Crippen LogP contribution in [-0.4, -0.2) is 18.0 Å². The monoisotopic (exact) mass is 221 g/mol. The van der Waals surface area contributed by atoms with E-state index in [-0.39, 0.29) is 11.7 Å². The molecule has 0 saturated heterocycles. The number of aldehydes is 1. The Bertz CT molecular complexity index is 448. The van der Waals surface area contributed by atoms with E-state index in [0.29, 0.717) is 23.1 Å². The van der Waals surface area contributed by atoms with Crippen LogP contribution in [0.5, 0.6) is 0 Å². The number of amidine groups is 1. The van der Waals surface area contributed by atoms with Crippen LogP contribution in [0.1, 0.15) is 15.9 Å². The molecular weight excluding hydrogens is 214 g/mol. The van der Waals surface area contributed by atoms with Crippen LogP contribution in [0.25, 0.3) is 0 Å². The van der Waals surface area contributed by atoms with Gasteiger partial charge in [-0.25, -0.2) is 4.99 Å². The average Bonchev–Trinajstić information content (AvgIpc) is 2.29. The third kappa shape index (κ3) is 2.79. The van der Waals surface area contributed by atoms with Crippen LogP contribution in [0, 0.1) is 11.3 Å². The molecule has 1 aromatic carbocycles. The van der Waals surface area contributed by atoms with Gasteiger partial charge >= 0.3 is 0 Å². The SMILES string of the molecule is N#Cc1cc(C=O)ccc1N=C(N)CCl. The van der Waals surface area contributed by atoms with E-state index in [1.165, 1.54) is 6.07 Å². The van der Waals surface area contributed by atoms with Crippen molar-refractivity contribution in [1.29, 1.82) is 5.26 Å². The van der Waals surface area contributed by atoms with Crippen molar-refractivity contribution in [2.24, 2.45) is 10.7 Å². The van der Waals surface area contributed by atoms with E-state index in [9.17, 15) is 4.79 Å². The molecule has 0 atom stereocenters. The molecule has 1 rings (SSSR count). The van der Waals surface area contributed by atoms with Gasteiger partial charge in [0.05, 0.1) is 17.1 Å². The Kier molecular flexibility index (Phi) is 3.83. The summed E-state index contributed by atoms with van der Waals surface area (Å²) in [6.45, 7) is 0. The third-order valence-corrected chi connectivity index (χ3v) is 1.95. The van der Waals surface area contributed by atoms with Crippen LogP contribution in [-0.2, 0) is 0 Å². The van der Waals surface area contributed by atoms with E-state index in [1.54, 1.807) is 12.1 Å². The molecule has 76 valence electrons. The topological polar surface area (TPSA) is 79.2 Å². The molecule has 0 bridgehead atoms. The zero-order chi connectivity index (χ0) is 11.3. The Hall–Kier alpha value is -1.86. The Morgan fingerprint density at radius 2 is 2.40 bits per heavy atom. The molecule has 0 spiro atoms. The molecule has 5 heteroatoms. The summed E-state index contributed by atoms with van der Waals surface area (Å²) in [4.78, 5) is 14.4. The van der Waals surface area contributed by atoms with Gasteiger partial charge in [0.25, 0.3) is 0 Å². The lowest BCUT2D eigenvalue weighted by atomic mass is 10.1. The summed E-state index contributed by atoms with van der Waals surface area (Å²) in [5, 5.41) is 8.81. The second-order valence-electron chi connectivity index (χ2n) is 2.74. The zero-order valence-electron chi connectivity index (χ0n) is 7.77. The number of hydrogen-bond acceptors (Lipinski definition) is 3. The van der Waals surface area contributed by atoms with Crippen molar-refractivity contribution in [2.45, 2.75) is 0 Å². The largest absolute Gasteiger partial charge is 0.386 e. The van der Waals surface area contributed by atoms with Crippen LogP contribution >= 0.6 is 11.6 Å². The first-order valence-electron chi connectivity index (χ1n) is 4.09.